The van der Waals surface area contributed by atoms with E-state index in [1.54, 1.807) is 0 Å². The van der Waals surface area contributed by atoms with Gasteiger partial charge in [0.05, 0.1) is 0 Å². The summed E-state index contributed by atoms with van der Waals surface area (Å²) >= 11 is 0. The van der Waals surface area contributed by atoms with Crippen LogP contribution in [0.15, 0.2) is 0 Å². The van der Waals surface area contributed by atoms with Gasteiger partial charge < -0.3 is 10.2 Å². The monoisotopic (exact) mass is 226 g/mol. The topological polar surface area (TPSA) is 15.3 Å². The first-order valence-corrected chi connectivity index (χ1v) is 6.87. The Morgan fingerprint density at radius 1 is 1.44 bits per heavy atom. The van der Waals surface area contributed by atoms with E-state index in [0.717, 1.165) is 18.4 Å². The van der Waals surface area contributed by atoms with Crippen molar-refractivity contribution in [1.82, 2.24) is 10.2 Å². The fourth-order valence-corrected chi connectivity index (χ4v) is 2.81. The quantitative estimate of drug-likeness (QED) is 0.749. The molecule has 0 aromatic heterocycles. The van der Waals surface area contributed by atoms with Gasteiger partial charge in [0, 0.05) is 19.6 Å². The van der Waals surface area contributed by atoms with Gasteiger partial charge in [0.25, 0.3) is 0 Å². The van der Waals surface area contributed by atoms with Crippen LogP contribution in [0.3, 0.4) is 0 Å². The molecule has 1 aliphatic heterocycles. The van der Waals surface area contributed by atoms with Crippen LogP contribution < -0.4 is 5.32 Å². The van der Waals surface area contributed by atoms with Gasteiger partial charge in [-0.3, -0.25) is 0 Å². The van der Waals surface area contributed by atoms with Crippen molar-refractivity contribution in [2.24, 2.45) is 17.3 Å². The second-order valence-corrected chi connectivity index (χ2v) is 6.22. The highest BCUT2D eigenvalue weighted by molar-refractivity contribution is 4.84. The summed E-state index contributed by atoms with van der Waals surface area (Å²) in [6, 6.07) is 0. The maximum atomic E-state index is 3.34. The minimum absolute atomic E-state index is 0.445. The molecule has 0 aromatic carbocycles. The zero-order valence-corrected chi connectivity index (χ0v) is 11.8. The van der Waals surface area contributed by atoms with E-state index in [4.69, 9.17) is 0 Å². The van der Waals surface area contributed by atoms with Crippen molar-refractivity contribution in [3.63, 3.8) is 0 Å². The Labute approximate surface area is 102 Å². The Morgan fingerprint density at radius 3 is 2.56 bits per heavy atom. The molecule has 0 aromatic rings. The third-order valence-electron chi connectivity index (χ3n) is 4.31. The lowest BCUT2D eigenvalue weighted by Gasteiger charge is -2.33. The van der Waals surface area contributed by atoms with Gasteiger partial charge in [-0.1, -0.05) is 27.7 Å². The highest BCUT2D eigenvalue weighted by atomic mass is 15.2. The number of hydrogen-bond acceptors (Lipinski definition) is 2. The molecule has 2 heteroatoms. The summed E-state index contributed by atoms with van der Waals surface area (Å²) in [6.45, 7) is 14.5. The van der Waals surface area contributed by atoms with Crippen LogP contribution >= 0.6 is 0 Å². The number of nitrogens with one attached hydrogen (secondary N) is 1. The lowest BCUT2D eigenvalue weighted by Crippen LogP contribution is -2.40. The van der Waals surface area contributed by atoms with E-state index in [1.165, 1.54) is 32.5 Å². The molecule has 1 aliphatic rings. The predicted molar refractivity (Wildman–Crippen MR) is 71.7 cm³/mol. The van der Waals surface area contributed by atoms with E-state index >= 15 is 0 Å². The molecule has 1 N–H and O–H groups in total. The summed E-state index contributed by atoms with van der Waals surface area (Å²) in [5.41, 5.74) is 0.445. The fraction of sp³-hybridized carbons (Fsp3) is 1.00. The van der Waals surface area contributed by atoms with Gasteiger partial charge in [0.2, 0.25) is 0 Å². The Hall–Kier alpha value is -0.0800. The van der Waals surface area contributed by atoms with E-state index in [2.05, 4.69) is 45.0 Å². The third-order valence-corrected chi connectivity index (χ3v) is 4.31. The van der Waals surface area contributed by atoms with E-state index in [9.17, 15) is 0 Å². The minimum Gasteiger partial charge on any atom is -0.319 e. The van der Waals surface area contributed by atoms with Gasteiger partial charge in [-0.25, -0.2) is 0 Å². The lowest BCUT2D eigenvalue weighted by molar-refractivity contribution is 0.175. The maximum absolute atomic E-state index is 3.34. The molecule has 1 fully saturated rings. The first-order chi connectivity index (χ1) is 7.50. The summed E-state index contributed by atoms with van der Waals surface area (Å²) in [4.78, 5) is 2.67. The molecule has 2 atom stereocenters. The van der Waals surface area contributed by atoms with Crippen molar-refractivity contribution in [2.45, 2.75) is 40.5 Å². The molecular formula is C14H30N2. The van der Waals surface area contributed by atoms with E-state index in [0.29, 0.717) is 5.41 Å². The average molecular weight is 226 g/mol. The molecule has 2 unspecified atom stereocenters. The average Bonchev–Trinajstić information content (AvgIpc) is 2.66. The zero-order valence-electron chi connectivity index (χ0n) is 11.8. The van der Waals surface area contributed by atoms with Gasteiger partial charge in [0.15, 0.2) is 0 Å². The van der Waals surface area contributed by atoms with Crippen LogP contribution in [0.2, 0.25) is 0 Å². The van der Waals surface area contributed by atoms with E-state index in [1.807, 2.05) is 0 Å². The third kappa shape index (κ3) is 3.74. The highest BCUT2D eigenvalue weighted by Crippen LogP contribution is 2.28. The van der Waals surface area contributed by atoms with Crippen LogP contribution in [0.4, 0.5) is 0 Å². The summed E-state index contributed by atoms with van der Waals surface area (Å²) < 4.78 is 0. The summed E-state index contributed by atoms with van der Waals surface area (Å²) in [5, 5.41) is 3.34. The van der Waals surface area contributed by atoms with Gasteiger partial charge in [-0.2, -0.15) is 0 Å². The number of nitrogens with zero attached hydrogens (tertiary/aromatic N) is 1. The molecule has 16 heavy (non-hydrogen) atoms. The summed E-state index contributed by atoms with van der Waals surface area (Å²) in [7, 11) is 2.06. The Morgan fingerprint density at radius 2 is 2.12 bits per heavy atom. The van der Waals surface area contributed by atoms with Crippen molar-refractivity contribution in [1.29, 1.82) is 0 Å². The van der Waals surface area contributed by atoms with Crippen LogP contribution in [-0.4, -0.2) is 38.1 Å². The Kier molecular flexibility index (Phi) is 5.26. The first kappa shape index (κ1) is 14.0. The smallest absolute Gasteiger partial charge is 0.00475 e. The second kappa shape index (κ2) is 6.02. The second-order valence-electron chi connectivity index (χ2n) is 6.22. The molecule has 0 bridgehead atoms. The normalized spacial score (nSPS) is 26.2. The highest BCUT2D eigenvalue weighted by Gasteiger charge is 2.30. The molecule has 1 saturated heterocycles. The van der Waals surface area contributed by atoms with E-state index in [-0.39, 0.29) is 0 Å². The Bertz CT molecular complexity index is 203. The molecule has 96 valence electrons. The van der Waals surface area contributed by atoms with Crippen LogP contribution in [0.1, 0.15) is 40.5 Å². The van der Waals surface area contributed by atoms with Crippen molar-refractivity contribution in [2.75, 3.05) is 33.2 Å². The standard InChI is InChI=1S/C14H30N2/c1-6-14(4,10-15-5)11-16-8-7-13(9-16)12(2)3/h12-13,15H,6-11H2,1-5H3. The molecule has 0 amide bonds. The molecule has 0 saturated carbocycles. The summed E-state index contributed by atoms with van der Waals surface area (Å²) in [6.07, 6.45) is 2.66. The molecule has 0 aliphatic carbocycles. The van der Waals surface area contributed by atoms with Crippen molar-refractivity contribution < 1.29 is 0 Å². The number of hydrogen-bond donors (Lipinski definition) is 1. The first-order valence-electron chi connectivity index (χ1n) is 6.87. The Balaban J connectivity index is 2.42. The van der Waals surface area contributed by atoms with Gasteiger partial charge in [0.1, 0.15) is 0 Å². The van der Waals surface area contributed by atoms with Gasteiger partial charge in [-0.15, -0.1) is 0 Å². The van der Waals surface area contributed by atoms with Crippen LogP contribution in [0.25, 0.3) is 0 Å². The SMILES string of the molecule is CCC(C)(CNC)CN1CCC(C(C)C)C1. The van der Waals surface area contributed by atoms with Crippen molar-refractivity contribution >= 4 is 0 Å². The molecule has 1 heterocycles. The molecule has 0 spiro atoms. The lowest BCUT2D eigenvalue weighted by atomic mass is 9.87. The van der Waals surface area contributed by atoms with Crippen molar-refractivity contribution in [3.8, 4) is 0 Å². The van der Waals surface area contributed by atoms with Gasteiger partial charge in [-0.05, 0) is 43.7 Å². The van der Waals surface area contributed by atoms with Crippen LogP contribution in [0, 0.1) is 17.3 Å². The van der Waals surface area contributed by atoms with E-state index < -0.39 is 0 Å². The molecule has 2 nitrogen and oxygen atoms in total. The summed E-state index contributed by atoms with van der Waals surface area (Å²) in [5.74, 6) is 1.78. The fourth-order valence-electron chi connectivity index (χ4n) is 2.81. The van der Waals surface area contributed by atoms with Crippen molar-refractivity contribution in [3.05, 3.63) is 0 Å². The molecule has 0 radical (unpaired) electrons. The molecular weight excluding hydrogens is 196 g/mol. The van der Waals surface area contributed by atoms with Crippen LogP contribution in [-0.2, 0) is 0 Å². The number of rotatable bonds is 6. The maximum Gasteiger partial charge on any atom is 0.00475 e. The number of likely N-dealkylation sites (tertiary alicyclic amines) is 1. The minimum atomic E-state index is 0.445. The predicted octanol–water partition coefficient (Wildman–Crippen LogP) is 2.60. The van der Waals surface area contributed by atoms with Gasteiger partial charge >= 0.3 is 0 Å². The zero-order chi connectivity index (χ0) is 12.2. The van der Waals surface area contributed by atoms with Crippen LogP contribution in [0.5, 0.6) is 0 Å². The molecule has 1 rings (SSSR count). The largest absolute Gasteiger partial charge is 0.319 e.